The number of oxazole rings is 1. The maximum Gasteiger partial charge on any atom is 0.291 e. The van der Waals surface area contributed by atoms with Crippen LogP contribution in [-0.4, -0.2) is 15.8 Å². The first-order valence-electron chi connectivity index (χ1n) is 9.89. The van der Waals surface area contributed by atoms with Gasteiger partial charge in [0.15, 0.2) is 11.3 Å². The molecule has 0 unspecified atom stereocenters. The van der Waals surface area contributed by atoms with E-state index in [0.29, 0.717) is 49.6 Å². The lowest BCUT2D eigenvalue weighted by molar-refractivity contribution is -0.384. The third-order valence-corrected chi connectivity index (χ3v) is 5.47. The van der Waals surface area contributed by atoms with Gasteiger partial charge in [0.25, 0.3) is 11.6 Å². The standard InChI is InChI=1S/C24H13Cl2N3O5/c25-15-11-18(26)22-19(12-15)28-24(34-22)13-4-6-16(7-5-13)27-23(30)21-9-8-20(33-21)14-2-1-3-17(10-14)29(31)32/h1-12H,(H,27,30). The summed E-state index contributed by atoms with van der Waals surface area (Å²) in [6, 6.07) is 19.2. The van der Waals surface area contributed by atoms with Gasteiger partial charge in [-0.15, -0.1) is 0 Å². The molecule has 0 aliphatic carbocycles. The number of amides is 1. The van der Waals surface area contributed by atoms with E-state index in [1.165, 1.54) is 18.2 Å². The molecule has 10 heteroatoms. The molecule has 5 rings (SSSR count). The largest absolute Gasteiger partial charge is 0.451 e. The van der Waals surface area contributed by atoms with Crippen molar-refractivity contribution < 1.29 is 18.6 Å². The van der Waals surface area contributed by atoms with Crippen LogP contribution in [-0.2, 0) is 0 Å². The Labute approximate surface area is 201 Å². The Hall–Kier alpha value is -4.14. The van der Waals surface area contributed by atoms with Crippen LogP contribution < -0.4 is 5.32 Å². The normalized spacial score (nSPS) is 11.0. The fourth-order valence-electron chi connectivity index (χ4n) is 3.36. The molecule has 34 heavy (non-hydrogen) atoms. The number of nitro groups is 1. The summed E-state index contributed by atoms with van der Waals surface area (Å²) in [7, 11) is 0. The smallest absolute Gasteiger partial charge is 0.291 e. The Kier molecular flexibility index (Phi) is 5.53. The highest BCUT2D eigenvalue weighted by molar-refractivity contribution is 6.38. The number of hydrogen-bond donors (Lipinski definition) is 1. The molecule has 0 fully saturated rings. The van der Waals surface area contributed by atoms with Crippen molar-refractivity contribution in [2.75, 3.05) is 5.32 Å². The van der Waals surface area contributed by atoms with Crippen molar-refractivity contribution in [1.82, 2.24) is 4.98 Å². The van der Waals surface area contributed by atoms with E-state index in [4.69, 9.17) is 32.0 Å². The maximum atomic E-state index is 12.6. The maximum absolute atomic E-state index is 12.6. The Balaban J connectivity index is 1.32. The molecule has 1 amide bonds. The first-order valence-corrected chi connectivity index (χ1v) is 10.6. The van der Waals surface area contributed by atoms with Crippen molar-refractivity contribution in [1.29, 1.82) is 0 Å². The summed E-state index contributed by atoms with van der Waals surface area (Å²) >= 11 is 12.2. The van der Waals surface area contributed by atoms with E-state index in [-0.39, 0.29) is 11.4 Å². The Morgan fingerprint density at radius 3 is 2.50 bits per heavy atom. The molecule has 0 saturated carbocycles. The number of halogens is 2. The minimum absolute atomic E-state index is 0.0655. The number of rotatable bonds is 5. The molecule has 0 radical (unpaired) electrons. The number of nitrogens with zero attached hydrogens (tertiary/aromatic N) is 2. The monoisotopic (exact) mass is 493 g/mol. The minimum Gasteiger partial charge on any atom is -0.451 e. The second-order valence-corrected chi connectivity index (χ2v) is 8.10. The Bertz CT molecular complexity index is 1560. The highest BCUT2D eigenvalue weighted by atomic mass is 35.5. The first kappa shape index (κ1) is 21.7. The number of fused-ring (bicyclic) bond motifs is 1. The van der Waals surface area contributed by atoms with Crippen LogP contribution in [0.1, 0.15) is 10.6 Å². The van der Waals surface area contributed by atoms with Crippen LogP contribution in [0.3, 0.4) is 0 Å². The van der Waals surface area contributed by atoms with Gasteiger partial charge < -0.3 is 14.2 Å². The molecule has 8 nitrogen and oxygen atoms in total. The van der Waals surface area contributed by atoms with Crippen LogP contribution in [0.15, 0.2) is 81.6 Å². The van der Waals surface area contributed by atoms with Gasteiger partial charge in [0.05, 0.1) is 9.95 Å². The number of nitrogens with one attached hydrogen (secondary N) is 1. The number of non-ortho nitro benzene ring substituents is 1. The molecule has 2 aromatic heterocycles. The summed E-state index contributed by atoms with van der Waals surface area (Å²) in [6.07, 6.45) is 0. The summed E-state index contributed by atoms with van der Waals surface area (Å²) in [5, 5.41) is 14.6. The molecule has 2 heterocycles. The molecular formula is C24H13Cl2N3O5. The van der Waals surface area contributed by atoms with E-state index < -0.39 is 10.8 Å². The Morgan fingerprint density at radius 1 is 0.941 bits per heavy atom. The summed E-state index contributed by atoms with van der Waals surface area (Å²) < 4.78 is 11.4. The number of benzene rings is 3. The number of carbonyl (C=O) groups excluding carboxylic acids is 1. The molecule has 0 spiro atoms. The average Bonchev–Trinajstić information content (AvgIpc) is 3.48. The third-order valence-electron chi connectivity index (χ3n) is 4.97. The second kappa shape index (κ2) is 8.66. The number of furan rings is 1. The predicted octanol–water partition coefficient (Wildman–Crippen LogP) is 7.22. The lowest BCUT2D eigenvalue weighted by atomic mass is 10.1. The number of hydrogen-bond acceptors (Lipinski definition) is 6. The van der Waals surface area contributed by atoms with Gasteiger partial charge in [-0.2, -0.15) is 0 Å². The highest BCUT2D eigenvalue weighted by Gasteiger charge is 2.16. The van der Waals surface area contributed by atoms with E-state index in [0.717, 1.165) is 0 Å². The van der Waals surface area contributed by atoms with Crippen molar-refractivity contribution in [3.05, 3.63) is 98.7 Å². The van der Waals surface area contributed by atoms with Crippen LogP contribution in [0.5, 0.6) is 0 Å². The zero-order valence-corrected chi connectivity index (χ0v) is 18.6. The van der Waals surface area contributed by atoms with Gasteiger partial charge >= 0.3 is 0 Å². The SMILES string of the molecule is O=C(Nc1ccc(-c2nc3cc(Cl)cc(Cl)c3o2)cc1)c1ccc(-c2cccc([N+](=O)[O-])c2)o1. The van der Waals surface area contributed by atoms with E-state index in [9.17, 15) is 14.9 Å². The molecule has 0 aliphatic heterocycles. The van der Waals surface area contributed by atoms with Gasteiger partial charge in [-0.3, -0.25) is 14.9 Å². The first-order chi connectivity index (χ1) is 16.4. The molecule has 0 saturated heterocycles. The van der Waals surface area contributed by atoms with E-state index in [2.05, 4.69) is 10.3 Å². The van der Waals surface area contributed by atoms with Gasteiger partial charge in [0, 0.05) is 34.0 Å². The summed E-state index contributed by atoms with van der Waals surface area (Å²) in [6.45, 7) is 0. The number of anilines is 1. The fraction of sp³-hybridized carbons (Fsp3) is 0. The zero-order valence-electron chi connectivity index (χ0n) is 17.1. The predicted molar refractivity (Wildman–Crippen MR) is 128 cm³/mol. The molecule has 1 N–H and O–H groups in total. The van der Waals surface area contributed by atoms with Gasteiger partial charge in [0.1, 0.15) is 11.3 Å². The van der Waals surface area contributed by atoms with E-state index in [1.54, 1.807) is 54.6 Å². The molecule has 0 bridgehead atoms. The third kappa shape index (κ3) is 4.24. The molecule has 168 valence electrons. The Morgan fingerprint density at radius 2 is 1.74 bits per heavy atom. The summed E-state index contributed by atoms with van der Waals surface area (Å²) in [5.74, 6) is 0.312. The van der Waals surface area contributed by atoms with Crippen molar-refractivity contribution in [3.63, 3.8) is 0 Å². The molecular weight excluding hydrogens is 481 g/mol. The van der Waals surface area contributed by atoms with Gasteiger partial charge in [-0.05, 0) is 48.5 Å². The van der Waals surface area contributed by atoms with Crippen LogP contribution in [0, 0.1) is 10.1 Å². The number of aromatic nitrogens is 1. The summed E-state index contributed by atoms with van der Waals surface area (Å²) in [4.78, 5) is 27.5. The van der Waals surface area contributed by atoms with E-state index >= 15 is 0 Å². The quantitative estimate of drug-likeness (QED) is 0.204. The molecule has 0 aliphatic rings. The van der Waals surface area contributed by atoms with Crippen LogP contribution in [0.4, 0.5) is 11.4 Å². The van der Waals surface area contributed by atoms with E-state index in [1.807, 2.05) is 0 Å². The van der Waals surface area contributed by atoms with Crippen LogP contribution >= 0.6 is 23.2 Å². The lowest BCUT2D eigenvalue weighted by Crippen LogP contribution is -2.10. The average molecular weight is 494 g/mol. The molecule has 5 aromatic rings. The number of nitro benzene ring substituents is 1. The second-order valence-electron chi connectivity index (χ2n) is 7.26. The fourth-order valence-corrected chi connectivity index (χ4v) is 3.88. The van der Waals surface area contributed by atoms with Crippen molar-refractivity contribution in [2.45, 2.75) is 0 Å². The van der Waals surface area contributed by atoms with Crippen molar-refractivity contribution in [2.24, 2.45) is 0 Å². The van der Waals surface area contributed by atoms with Crippen LogP contribution in [0.25, 0.3) is 33.9 Å². The summed E-state index contributed by atoms with van der Waals surface area (Å²) in [5.41, 5.74) is 2.63. The zero-order chi connectivity index (χ0) is 23.8. The van der Waals surface area contributed by atoms with Crippen molar-refractivity contribution in [3.8, 4) is 22.8 Å². The highest BCUT2D eigenvalue weighted by Crippen LogP contribution is 2.32. The van der Waals surface area contributed by atoms with Gasteiger partial charge in [0.2, 0.25) is 5.89 Å². The molecule has 0 atom stereocenters. The lowest BCUT2D eigenvalue weighted by Gasteiger charge is -2.04. The molecule has 3 aromatic carbocycles. The van der Waals surface area contributed by atoms with Crippen molar-refractivity contribution >= 4 is 51.6 Å². The van der Waals surface area contributed by atoms with Gasteiger partial charge in [-0.1, -0.05) is 35.3 Å². The minimum atomic E-state index is -0.492. The van der Waals surface area contributed by atoms with Crippen LogP contribution in [0.2, 0.25) is 10.0 Å². The van der Waals surface area contributed by atoms with Gasteiger partial charge in [-0.25, -0.2) is 4.98 Å². The number of carbonyl (C=O) groups is 1. The topological polar surface area (TPSA) is 111 Å².